The van der Waals surface area contributed by atoms with Crippen molar-refractivity contribution in [1.82, 2.24) is 34.7 Å². The van der Waals surface area contributed by atoms with E-state index >= 15 is 0 Å². The first-order chi connectivity index (χ1) is 14.5. The lowest BCUT2D eigenvalue weighted by Gasteiger charge is -2.19. The van der Waals surface area contributed by atoms with Crippen molar-refractivity contribution >= 4 is 23.1 Å². The Kier molecular flexibility index (Phi) is 5.56. The van der Waals surface area contributed by atoms with E-state index in [1.54, 1.807) is 15.4 Å². The van der Waals surface area contributed by atoms with Crippen LogP contribution in [-0.4, -0.2) is 41.2 Å². The van der Waals surface area contributed by atoms with Crippen LogP contribution in [0.5, 0.6) is 0 Å². The van der Waals surface area contributed by atoms with Crippen LogP contribution in [0.3, 0.4) is 0 Å². The van der Waals surface area contributed by atoms with Gasteiger partial charge in [-0.2, -0.15) is 4.68 Å². The lowest BCUT2D eigenvalue weighted by Crippen LogP contribution is -2.28. The van der Waals surface area contributed by atoms with Gasteiger partial charge in [-0.3, -0.25) is 9.69 Å². The van der Waals surface area contributed by atoms with E-state index in [1.807, 2.05) is 57.2 Å². The molecule has 0 unspecified atom stereocenters. The van der Waals surface area contributed by atoms with E-state index in [1.165, 1.54) is 0 Å². The predicted octanol–water partition coefficient (Wildman–Crippen LogP) is 3.13. The van der Waals surface area contributed by atoms with Crippen molar-refractivity contribution < 1.29 is 0 Å². The van der Waals surface area contributed by atoms with Crippen LogP contribution in [0.2, 0.25) is 0 Å². The SMILES string of the molecule is CCN(Cc1nc2ccccc2c(=O)[nH]1)Cn1nnn(-c2c(C)cccc2C)c1=S. The molecule has 4 rings (SSSR count). The van der Waals surface area contributed by atoms with Crippen molar-refractivity contribution in [2.45, 2.75) is 34.0 Å². The van der Waals surface area contributed by atoms with E-state index in [-0.39, 0.29) is 5.56 Å². The molecule has 9 heteroatoms. The van der Waals surface area contributed by atoms with Crippen molar-refractivity contribution in [2.75, 3.05) is 6.54 Å². The summed E-state index contributed by atoms with van der Waals surface area (Å²) in [5.41, 5.74) is 3.68. The van der Waals surface area contributed by atoms with Crippen molar-refractivity contribution in [1.29, 1.82) is 0 Å². The first kappa shape index (κ1) is 20.1. The summed E-state index contributed by atoms with van der Waals surface area (Å²) < 4.78 is 3.90. The Labute approximate surface area is 178 Å². The maximum atomic E-state index is 12.3. The van der Waals surface area contributed by atoms with E-state index in [9.17, 15) is 4.79 Å². The fourth-order valence-electron chi connectivity index (χ4n) is 3.52. The highest BCUT2D eigenvalue weighted by molar-refractivity contribution is 7.71. The van der Waals surface area contributed by atoms with E-state index in [0.717, 1.165) is 23.4 Å². The third-order valence-corrected chi connectivity index (χ3v) is 5.49. The van der Waals surface area contributed by atoms with Gasteiger partial charge in [0.25, 0.3) is 5.56 Å². The molecule has 2 aromatic carbocycles. The van der Waals surface area contributed by atoms with E-state index in [2.05, 4.69) is 25.3 Å². The Bertz CT molecular complexity index is 1300. The van der Waals surface area contributed by atoms with Crippen molar-refractivity contribution in [3.05, 3.63) is 74.5 Å². The average Bonchev–Trinajstić information content (AvgIpc) is 3.07. The smallest absolute Gasteiger partial charge is 0.258 e. The van der Waals surface area contributed by atoms with E-state index in [0.29, 0.717) is 34.7 Å². The van der Waals surface area contributed by atoms with Gasteiger partial charge in [0, 0.05) is 0 Å². The van der Waals surface area contributed by atoms with Crippen molar-refractivity contribution in [2.24, 2.45) is 0 Å². The Morgan fingerprint density at radius 3 is 2.53 bits per heavy atom. The molecule has 30 heavy (non-hydrogen) atoms. The standard InChI is InChI=1S/C21H23N7OS/c1-4-26(12-18-22-17-11-6-5-10-16(17)20(29)23-18)13-27-21(30)28(25-24-27)19-14(2)8-7-9-15(19)3/h5-11H,4,12-13H2,1-3H3,(H,22,23,29). The molecular weight excluding hydrogens is 398 g/mol. The molecule has 0 radical (unpaired) electrons. The number of hydrogen-bond acceptors (Lipinski definition) is 6. The molecule has 0 saturated heterocycles. The number of tetrazole rings is 1. The summed E-state index contributed by atoms with van der Waals surface area (Å²) in [6, 6.07) is 13.4. The molecule has 4 aromatic rings. The molecule has 0 aliphatic heterocycles. The summed E-state index contributed by atoms with van der Waals surface area (Å²) in [4.78, 5) is 21.9. The lowest BCUT2D eigenvalue weighted by atomic mass is 10.1. The number of fused-ring (bicyclic) bond motifs is 1. The van der Waals surface area contributed by atoms with Crippen LogP contribution in [0, 0.1) is 18.6 Å². The molecule has 1 N–H and O–H groups in total. The highest BCUT2D eigenvalue weighted by atomic mass is 32.1. The molecule has 2 aromatic heterocycles. The van der Waals surface area contributed by atoms with Crippen LogP contribution in [0.15, 0.2) is 47.3 Å². The Balaban J connectivity index is 1.60. The zero-order chi connectivity index (χ0) is 21.3. The summed E-state index contributed by atoms with van der Waals surface area (Å²) in [5, 5.41) is 9.13. The second-order valence-corrected chi connectivity index (χ2v) is 7.59. The number of benzene rings is 2. The minimum absolute atomic E-state index is 0.135. The number of nitrogens with zero attached hydrogens (tertiary/aromatic N) is 6. The number of nitrogens with one attached hydrogen (secondary N) is 1. The topological polar surface area (TPSA) is 84.6 Å². The molecule has 0 fully saturated rings. The number of aromatic nitrogens is 6. The van der Waals surface area contributed by atoms with Crippen molar-refractivity contribution in [3.63, 3.8) is 0 Å². The van der Waals surface area contributed by atoms with Crippen LogP contribution < -0.4 is 5.56 Å². The molecule has 0 saturated carbocycles. The quantitative estimate of drug-likeness (QED) is 0.482. The largest absolute Gasteiger partial charge is 0.309 e. The second kappa shape index (κ2) is 8.29. The molecule has 2 heterocycles. The first-order valence-electron chi connectivity index (χ1n) is 9.77. The Morgan fingerprint density at radius 1 is 1.07 bits per heavy atom. The fourth-order valence-corrected chi connectivity index (χ4v) is 3.74. The van der Waals surface area contributed by atoms with Gasteiger partial charge in [-0.25, -0.2) is 9.67 Å². The van der Waals surface area contributed by atoms with Gasteiger partial charge < -0.3 is 4.98 Å². The Hall–Kier alpha value is -3.17. The zero-order valence-electron chi connectivity index (χ0n) is 17.2. The number of para-hydroxylation sites is 2. The summed E-state index contributed by atoms with van der Waals surface area (Å²) >= 11 is 5.64. The molecule has 0 atom stereocenters. The highest BCUT2D eigenvalue weighted by Crippen LogP contribution is 2.18. The van der Waals surface area contributed by atoms with Gasteiger partial charge in [0.15, 0.2) is 0 Å². The number of H-pyrrole nitrogens is 1. The molecular formula is C21H23N7OS. The predicted molar refractivity (Wildman–Crippen MR) is 118 cm³/mol. The van der Waals surface area contributed by atoms with Gasteiger partial charge in [-0.15, -0.1) is 0 Å². The van der Waals surface area contributed by atoms with Crippen LogP contribution in [0.25, 0.3) is 16.6 Å². The summed E-state index contributed by atoms with van der Waals surface area (Å²) in [6.07, 6.45) is 0. The number of aromatic amines is 1. The van der Waals surface area contributed by atoms with Crippen LogP contribution in [0.4, 0.5) is 0 Å². The molecule has 8 nitrogen and oxygen atoms in total. The van der Waals surface area contributed by atoms with Crippen LogP contribution in [-0.2, 0) is 13.2 Å². The zero-order valence-corrected chi connectivity index (χ0v) is 18.0. The van der Waals surface area contributed by atoms with Gasteiger partial charge in [0.05, 0.1) is 29.8 Å². The monoisotopic (exact) mass is 421 g/mol. The second-order valence-electron chi connectivity index (χ2n) is 7.23. The maximum Gasteiger partial charge on any atom is 0.258 e. The molecule has 0 bridgehead atoms. The highest BCUT2D eigenvalue weighted by Gasteiger charge is 2.14. The minimum atomic E-state index is -0.135. The average molecular weight is 422 g/mol. The normalized spacial score (nSPS) is 11.5. The molecule has 0 amide bonds. The fraction of sp³-hybridized carbons (Fsp3) is 0.286. The molecule has 154 valence electrons. The molecule has 0 aliphatic carbocycles. The van der Waals surface area contributed by atoms with Gasteiger partial charge in [0.1, 0.15) is 5.82 Å². The molecule has 0 spiro atoms. The van der Waals surface area contributed by atoms with Crippen molar-refractivity contribution in [3.8, 4) is 5.69 Å². The number of aryl methyl sites for hydroxylation is 2. The third kappa shape index (κ3) is 3.81. The number of rotatable bonds is 6. The minimum Gasteiger partial charge on any atom is -0.309 e. The van der Waals surface area contributed by atoms with Gasteiger partial charge in [0.2, 0.25) is 4.77 Å². The van der Waals surface area contributed by atoms with Gasteiger partial charge in [-0.1, -0.05) is 37.3 Å². The summed E-state index contributed by atoms with van der Waals surface area (Å²) in [5.74, 6) is 0.606. The maximum absolute atomic E-state index is 12.3. The third-order valence-electron chi connectivity index (χ3n) is 5.11. The van der Waals surface area contributed by atoms with Crippen LogP contribution in [0.1, 0.15) is 23.9 Å². The molecule has 0 aliphatic rings. The number of hydrogen-bond donors (Lipinski definition) is 1. The lowest BCUT2D eigenvalue weighted by molar-refractivity contribution is 0.201. The Morgan fingerprint density at radius 2 is 1.80 bits per heavy atom. The van der Waals surface area contributed by atoms with E-state index < -0.39 is 0 Å². The van der Waals surface area contributed by atoms with Gasteiger partial charge >= 0.3 is 0 Å². The van der Waals surface area contributed by atoms with E-state index in [4.69, 9.17) is 12.2 Å². The first-order valence-corrected chi connectivity index (χ1v) is 10.2. The summed E-state index contributed by atoms with van der Waals surface area (Å²) in [6.45, 7) is 7.74. The van der Waals surface area contributed by atoms with Gasteiger partial charge in [-0.05, 0) is 66.3 Å². The van der Waals surface area contributed by atoms with Crippen LogP contribution >= 0.6 is 12.2 Å². The summed E-state index contributed by atoms with van der Waals surface area (Å²) in [7, 11) is 0.